The maximum absolute atomic E-state index is 13.3. The summed E-state index contributed by atoms with van der Waals surface area (Å²) in [5.74, 6) is -1.79. The Morgan fingerprint density at radius 3 is 2.21 bits per heavy atom. The summed E-state index contributed by atoms with van der Waals surface area (Å²) < 4.78 is 0. The molecule has 174 valence electrons. The Morgan fingerprint density at radius 1 is 0.912 bits per heavy atom. The van der Waals surface area contributed by atoms with Crippen LogP contribution in [0.3, 0.4) is 0 Å². The monoisotopic (exact) mass is 474 g/mol. The molecule has 1 unspecified atom stereocenters. The minimum absolute atomic E-state index is 0.0507. The van der Waals surface area contributed by atoms with Crippen molar-refractivity contribution in [1.29, 1.82) is 0 Å². The summed E-state index contributed by atoms with van der Waals surface area (Å²) in [6.07, 6.45) is 1.04. The molecule has 0 spiro atoms. The van der Waals surface area contributed by atoms with E-state index < -0.39 is 17.1 Å². The Bertz CT molecular complexity index is 1220. The standard InChI is InChI=1S/C27H26N2O4S/c1-17-9-14-23(18(2)15-17)29-26(31)25(20-7-5-4-6-8-20)34-22-12-10-21(11-13-22)28-24(30)16-19(3)27(32)33/h4-16,25H,1-3H3,(H,28,30)(H,29,31)(H,32,33)/b19-16-. The summed E-state index contributed by atoms with van der Waals surface area (Å²) in [4.78, 5) is 37.0. The molecule has 0 radical (unpaired) electrons. The number of rotatable bonds is 8. The van der Waals surface area contributed by atoms with E-state index in [4.69, 9.17) is 5.11 Å². The van der Waals surface area contributed by atoms with Gasteiger partial charge in [-0.15, -0.1) is 11.8 Å². The van der Waals surface area contributed by atoms with E-state index >= 15 is 0 Å². The lowest BCUT2D eigenvalue weighted by Gasteiger charge is -2.18. The van der Waals surface area contributed by atoms with Gasteiger partial charge in [-0.1, -0.05) is 48.0 Å². The van der Waals surface area contributed by atoms with Crippen LogP contribution in [0, 0.1) is 13.8 Å². The van der Waals surface area contributed by atoms with Crippen molar-refractivity contribution < 1.29 is 19.5 Å². The summed E-state index contributed by atoms with van der Waals surface area (Å²) >= 11 is 1.41. The maximum atomic E-state index is 13.3. The second-order valence-corrected chi connectivity index (χ2v) is 9.04. The summed E-state index contributed by atoms with van der Waals surface area (Å²) in [5, 5.41) is 14.1. The van der Waals surface area contributed by atoms with E-state index in [1.807, 2.05) is 74.5 Å². The number of carbonyl (C=O) groups is 3. The van der Waals surface area contributed by atoms with Gasteiger partial charge in [0.15, 0.2) is 0 Å². The first-order valence-corrected chi connectivity index (χ1v) is 11.5. The van der Waals surface area contributed by atoms with Crippen molar-refractivity contribution in [2.24, 2.45) is 0 Å². The molecule has 0 bridgehead atoms. The van der Waals surface area contributed by atoms with Crippen molar-refractivity contribution in [2.45, 2.75) is 30.9 Å². The molecule has 0 aromatic heterocycles. The first-order chi connectivity index (χ1) is 16.2. The van der Waals surface area contributed by atoms with Gasteiger partial charge in [0.2, 0.25) is 11.8 Å². The Labute approximate surface area is 203 Å². The Kier molecular flexibility index (Phi) is 8.27. The molecule has 3 aromatic carbocycles. The van der Waals surface area contributed by atoms with E-state index in [1.165, 1.54) is 18.7 Å². The fourth-order valence-electron chi connectivity index (χ4n) is 3.24. The molecule has 0 heterocycles. The van der Waals surface area contributed by atoms with Gasteiger partial charge < -0.3 is 15.7 Å². The zero-order valence-electron chi connectivity index (χ0n) is 19.2. The lowest BCUT2D eigenvalue weighted by Crippen LogP contribution is -2.19. The highest BCUT2D eigenvalue weighted by Crippen LogP contribution is 2.37. The van der Waals surface area contributed by atoms with Crippen LogP contribution in [0.1, 0.15) is 28.9 Å². The predicted molar refractivity (Wildman–Crippen MR) is 136 cm³/mol. The van der Waals surface area contributed by atoms with Crippen LogP contribution in [0.15, 0.2) is 89.3 Å². The summed E-state index contributed by atoms with van der Waals surface area (Å²) in [5.41, 5.74) is 4.26. The molecule has 7 heteroatoms. The predicted octanol–water partition coefficient (Wildman–Crippen LogP) is 5.74. The van der Waals surface area contributed by atoms with Crippen molar-refractivity contribution in [3.05, 3.63) is 101 Å². The molecule has 3 N–H and O–H groups in total. The molecule has 0 saturated carbocycles. The second-order valence-electron chi connectivity index (χ2n) is 7.86. The molecular formula is C27H26N2O4S. The van der Waals surface area contributed by atoms with Crippen molar-refractivity contribution >= 4 is 40.9 Å². The number of benzene rings is 3. The third-order valence-electron chi connectivity index (χ3n) is 5.04. The zero-order valence-corrected chi connectivity index (χ0v) is 20.0. The fourth-order valence-corrected chi connectivity index (χ4v) is 4.27. The van der Waals surface area contributed by atoms with Crippen LogP contribution < -0.4 is 10.6 Å². The van der Waals surface area contributed by atoms with Crippen molar-refractivity contribution in [3.63, 3.8) is 0 Å². The van der Waals surface area contributed by atoms with Gasteiger partial charge in [-0.05, 0) is 62.2 Å². The van der Waals surface area contributed by atoms with E-state index in [0.29, 0.717) is 5.69 Å². The number of carboxylic acid groups (broad SMARTS) is 1. The average molecular weight is 475 g/mol. The van der Waals surface area contributed by atoms with Crippen LogP contribution in [-0.2, 0) is 14.4 Å². The van der Waals surface area contributed by atoms with Crippen LogP contribution in [-0.4, -0.2) is 22.9 Å². The number of thioether (sulfide) groups is 1. The van der Waals surface area contributed by atoms with Gasteiger partial charge in [0.1, 0.15) is 5.25 Å². The molecular weight excluding hydrogens is 448 g/mol. The third kappa shape index (κ3) is 6.83. The molecule has 2 amide bonds. The minimum Gasteiger partial charge on any atom is -0.478 e. The topological polar surface area (TPSA) is 95.5 Å². The minimum atomic E-state index is -1.15. The first-order valence-electron chi connectivity index (χ1n) is 10.7. The Morgan fingerprint density at radius 2 is 1.59 bits per heavy atom. The quantitative estimate of drug-likeness (QED) is 0.286. The van der Waals surface area contributed by atoms with Gasteiger partial charge in [-0.3, -0.25) is 9.59 Å². The normalized spacial score (nSPS) is 12.0. The average Bonchev–Trinajstić information content (AvgIpc) is 2.80. The van der Waals surface area contributed by atoms with Crippen molar-refractivity contribution in [2.75, 3.05) is 10.6 Å². The van der Waals surface area contributed by atoms with Crippen LogP contribution in [0.2, 0.25) is 0 Å². The molecule has 0 aliphatic heterocycles. The maximum Gasteiger partial charge on any atom is 0.331 e. The number of hydrogen-bond donors (Lipinski definition) is 3. The summed E-state index contributed by atoms with van der Waals surface area (Å²) in [7, 11) is 0. The number of aliphatic carboxylic acids is 1. The molecule has 0 fully saturated rings. The van der Waals surface area contributed by atoms with E-state index in [1.54, 1.807) is 12.1 Å². The number of carboxylic acids is 1. The van der Waals surface area contributed by atoms with Gasteiger partial charge in [0, 0.05) is 27.9 Å². The van der Waals surface area contributed by atoms with Gasteiger partial charge >= 0.3 is 5.97 Å². The van der Waals surface area contributed by atoms with Crippen LogP contribution in [0.4, 0.5) is 11.4 Å². The summed E-state index contributed by atoms with van der Waals surface area (Å²) in [6.45, 7) is 5.33. The van der Waals surface area contributed by atoms with Crippen LogP contribution >= 0.6 is 11.8 Å². The van der Waals surface area contributed by atoms with E-state index in [-0.39, 0.29) is 11.5 Å². The molecule has 1 atom stereocenters. The molecule has 34 heavy (non-hydrogen) atoms. The van der Waals surface area contributed by atoms with Gasteiger partial charge in [-0.25, -0.2) is 4.79 Å². The highest BCUT2D eigenvalue weighted by molar-refractivity contribution is 8.00. The first kappa shape index (κ1) is 24.8. The van der Waals surface area contributed by atoms with Crippen LogP contribution in [0.5, 0.6) is 0 Å². The molecule has 6 nitrogen and oxygen atoms in total. The summed E-state index contributed by atoms with van der Waals surface area (Å²) in [6, 6.07) is 22.5. The van der Waals surface area contributed by atoms with Crippen molar-refractivity contribution in [3.8, 4) is 0 Å². The number of hydrogen-bond acceptors (Lipinski definition) is 4. The van der Waals surface area contributed by atoms with E-state index in [9.17, 15) is 14.4 Å². The van der Waals surface area contributed by atoms with Gasteiger partial charge in [-0.2, -0.15) is 0 Å². The number of carbonyl (C=O) groups excluding carboxylic acids is 2. The molecule has 0 saturated heterocycles. The second kappa shape index (κ2) is 11.3. The fraction of sp³-hybridized carbons (Fsp3) is 0.148. The van der Waals surface area contributed by atoms with E-state index in [0.717, 1.165) is 33.3 Å². The highest BCUT2D eigenvalue weighted by Gasteiger charge is 2.22. The number of anilines is 2. The van der Waals surface area contributed by atoms with E-state index in [2.05, 4.69) is 10.6 Å². The lowest BCUT2D eigenvalue weighted by molar-refractivity contribution is -0.132. The smallest absolute Gasteiger partial charge is 0.331 e. The van der Waals surface area contributed by atoms with Gasteiger partial charge in [0.25, 0.3) is 0 Å². The SMILES string of the molecule is C/C(=C/C(=O)Nc1ccc(SC(C(=O)Nc2ccc(C)cc2C)c2ccccc2)cc1)C(=O)O. The largest absolute Gasteiger partial charge is 0.478 e. The highest BCUT2D eigenvalue weighted by atomic mass is 32.2. The molecule has 3 rings (SSSR count). The third-order valence-corrected chi connectivity index (χ3v) is 6.31. The van der Waals surface area contributed by atoms with Crippen LogP contribution in [0.25, 0.3) is 0 Å². The molecule has 0 aliphatic rings. The molecule has 3 aromatic rings. The van der Waals surface area contributed by atoms with Crippen molar-refractivity contribution in [1.82, 2.24) is 0 Å². The number of aryl methyl sites for hydroxylation is 2. The Hall–Kier alpha value is -3.84. The van der Waals surface area contributed by atoms with Gasteiger partial charge in [0.05, 0.1) is 0 Å². The number of amides is 2. The zero-order chi connectivity index (χ0) is 24.7. The lowest BCUT2D eigenvalue weighted by atomic mass is 10.1. The molecule has 0 aliphatic carbocycles. The number of nitrogens with one attached hydrogen (secondary N) is 2. The Balaban J connectivity index is 1.76.